The molecular weight excluding hydrogens is 324 g/mol. The van der Waals surface area contributed by atoms with Gasteiger partial charge in [-0.05, 0) is 30.3 Å². The van der Waals surface area contributed by atoms with Gasteiger partial charge >= 0.3 is 12.2 Å². The van der Waals surface area contributed by atoms with E-state index in [1.54, 1.807) is 0 Å². The van der Waals surface area contributed by atoms with E-state index in [1.807, 2.05) is 0 Å². The monoisotopic (exact) mass is 332 g/mol. The minimum absolute atomic E-state index is 0.147. The summed E-state index contributed by atoms with van der Waals surface area (Å²) in [7, 11) is 0. The highest BCUT2D eigenvalue weighted by Gasteiger charge is 2.33. The van der Waals surface area contributed by atoms with Crippen molar-refractivity contribution in [1.82, 2.24) is 0 Å². The van der Waals surface area contributed by atoms with Crippen LogP contribution in [0.15, 0.2) is 42.5 Å². The minimum atomic E-state index is -4.59. The van der Waals surface area contributed by atoms with Crippen molar-refractivity contribution in [2.45, 2.75) is 6.18 Å². The van der Waals surface area contributed by atoms with Crippen LogP contribution in [0.4, 0.5) is 33.7 Å². The van der Waals surface area contributed by atoms with Gasteiger partial charge < -0.3 is 10.6 Å². The maximum absolute atomic E-state index is 13.0. The molecule has 2 amide bonds. The molecule has 3 nitrogen and oxygen atoms in total. The largest absolute Gasteiger partial charge is 0.418 e. The minimum Gasteiger partial charge on any atom is -0.308 e. The van der Waals surface area contributed by atoms with Crippen LogP contribution < -0.4 is 10.6 Å². The van der Waals surface area contributed by atoms with Crippen molar-refractivity contribution in [2.24, 2.45) is 0 Å². The Kier molecular flexibility index (Phi) is 4.56. The van der Waals surface area contributed by atoms with Crippen molar-refractivity contribution < 1.29 is 22.4 Å². The first kappa shape index (κ1) is 16.1. The Morgan fingerprint density at radius 3 is 2.36 bits per heavy atom. The molecule has 0 saturated heterocycles. The highest BCUT2D eigenvalue weighted by atomic mass is 35.5. The smallest absolute Gasteiger partial charge is 0.308 e. The van der Waals surface area contributed by atoms with Crippen molar-refractivity contribution in [3.63, 3.8) is 0 Å². The Morgan fingerprint density at radius 2 is 1.73 bits per heavy atom. The first-order valence-electron chi connectivity index (χ1n) is 5.96. The quantitative estimate of drug-likeness (QED) is 0.734. The average molecular weight is 333 g/mol. The first-order valence-corrected chi connectivity index (χ1v) is 6.34. The molecule has 0 spiro atoms. The van der Waals surface area contributed by atoms with Gasteiger partial charge in [-0.25, -0.2) is 9.18 Å². The number of para-hydroxylation sites is 1. The van der Waals surface area contributed by atoms with Gasteiger partial charge in [-0.2, -0.15) is 13.2 Å². The maximum atomic E-state index is 13.0. The summed E-state index contributed by atoms with van der Waals surface area (Å²) in [5.74, 6) is -0.671. The molecule has 2 N–H and O–H groups in total. The van der Waals surface area contributed by atoms with E-state index >= 15 is 0 Å². The zero-order chi connectivity index (χ0) is 16.3. The molecule has 2 rings (SSSR count). The third-order valence-electron chi connectivity index (χ3n) is 2.66. The van der Waals surface area contributed by atoms with Gasteiger partial charge in [-0.3, -0.25) is 0 Å². The Balaban J connectivity index is 2.14. The van der Waals surface area contributed by atoms with Crippen LogP contribution in [0.3, 0.4) is 0 Å². The summed E-state index contributed by atoms with van der Waals surface area (Å²) in [6.45, 7) is 0. The number of carbonyl (C=O) groups excluding carboxylic acids is 1. The molecular formula is C14H9ClF4N2O. The standard InChI is InChI=1S/C14H9ClF4N2O/c15-10-7-8(5-6-11(10)16)20-13(22)21-12-4-2-1-3-9(12)14(17,18)19/h1-7H,(H2,20,21,22). The van der Waals surface area contributed by atoms with Crippen molar-refractivity contribution in [1.29, 1.82) is 0 Å². The van der Waals surface area contributed by atoms with Crippen LogP contribution in [0.1, 0.15) is 5.56 Å². The molecule has 0 aliphatic heterocycles. The van der Waals surface area contributed by atoms with Gasteiger partial charge in [0.15, 0.2) is 0 Å². The number of alkyl halides is 3. The molecule has 116 valence electrons. The topological polar surface area (TPSA) is 41.1 Å². The van der Waals surface area contributed by atoms with Crippen LogP contribution >= 0.6 is 11.6 Å². The number of rotatable bonds is 2. The lowest BCUT2D eigenvalue weighted by Gasteiger charge is -2.14. The summed E-state index contributed by atoms with van der Waals surface area (Å²) in [6, 6.07) is 7.05. The fourth-order valence-electron chi connectivity index (χ4n) is 1.70. The second-order valence-electron chi connectivity index (χ2n) is 4.25. The van der Waals surface area contributed by atoms with E-state index in [4.69, 9.17) is 11.6 Å². The van der Waals surface area contributed by atoms with E-state index in [1.165, 1.54) is 18.2 Å². The molecule has 0 fully saturated rings. The fourth-order valence-corrected chi connectivity index (χ4v) is 1.88. The molecule has 0 radical (unpaired) electrons. The molecule has 8 heteroatoms. The summed E-state index contributed by atoms with van der Waals surface area (Å²) in [6.07, 6.45) is -4.59. The lowest BCUT2D eigenvalue weighted by molar-refractivity contribution is -0.136. The number of anilines is 2. The molecule has 0 heterocycles. The molecule has 0 aliphatic rings. The summed E-state index contributed by atoms with van der Waals surface area (Å²) >= 11 is 5.55. The highest BCUT2D eigenvalue weighted by Crippen LogP contribution is 2.34. The van der Waals surface area contributed by atoms with Crippen LogP contribution in [0.2, 0.25) is 5.02 Å². The van der Waals surface area contributed by atoms with Crippen LogP contribution in [-0.2, 0) is 6.18 Å². The Labute approximate surface area is 127 Å². The molecule has 0 aromatic heterocycles. The summed E-state index contributed by atoms with van der Waals surface area (Å²) in [5.41, 5.74) is -1.21. The molecule has 2 aromatic rings. The van der Waals surface area contributed by atoms with E-state index in [-0.39, 0.29) is 16.4 Å². The molecule has 0 bridgehead atoms. The number of benzene rings is 2. The number of carbonyl (C=O) groups is 1. The van der Waals surface area contributed by atoms with Crippen LogP contribution in [0.5, 0.6) is 0 Å². The van der Waals surface area contributed by atoms with Crippen LogP contribution in [0.25, 0.3) is 0 Å². The molecule has 0 atom stereocenters. The van der Waals surface area contributed by atoms with E-state index in [2.05, 4.69) is 10.6 Å². The first-order chi connectivity index (χ1) is 10.3. The van der Waals surface area contributed by atoms with Crippen LogP contribution in [0, 0.1) is 5.82 Å². The van der Waals surface area contributed by atoms with Crippen LogP contribution in [-0.4, -0.2) is 6.03 Å². The number of halogens is 5. The van der Waals surface area contributed by atoms with Crippen molar-refractivity contribution in [3.8, 4) is 0 Å². The molecule has 2 aromatic carbocycles. The average Bonchev–Trinajstić information content (AvgIpc) is 2.42. The van der Waals surface area contributed by atoms with Gasteiger partial charge in [0.25, 0.3) is 0 Å². The van der Waals surface area contributed by atoms with E-state index < -0.39 is 23.6 Å². The normalized spacial score (nSPS) is 11.1. The van der Waals surface area contributed by atoms with Crippen molar-refractivity contribution >= 4 is 29.0 Å². The zero-order valence-corrected chi connectivity index (χ0v) is 11.6. The van der Waals surface area contributed by atoms with Gasteiger partial charge in [0.1, 0.15) is 5.82 Å². The number of nitrogens with one attached hydrogen (secondary N) is 2. The molecule has 0 aliphatic carbocycles. The van der Waals surface area contributed by atoms with Gasteiger partial charge in [-0.1, -0.05) is 23.7 Å². The Bertz CT molecular complexity index is 703. The summed E-state index contributed by atoms with van der Waals surface area (Å²) < 4.78 is 51.4. The SMILES string of the molecule is O=C(Nc1ccc(F)c(Cl)c1)Nc1ccccc1C(F)(F)F. The Hall–Kier alpha value is -2.28. The lowest BCUT2D eigenvalue weighted by atomic mass is 10.1. The number of hydrogen-bond acceptors (Lipinski definition) is 1. The van der Waals surface area contributed by atoms with Crippen molar-refractivity contribution in [2.75, 3.05) is 10.6 Å². The van der Waals surface area contributed by atoms with Gasteiger partial charge in [0, 0.05) is 5.69 Å². The number of amides is 2. The second kappa shape index (κ2) is 6.23. The lowest BCUT2D eigenvalue weighted by Crippen LogP contribution is -2.21. The second-order valence-corrected chi connectivity index (χ2v) is 4.66. The van der Waals surface area contributed by atoms with E-state index in [9.17, 15) is 22.4 Å². The molecule has 22 heavy (non-hydrogen) atoms. The van der Waals surface area contributed by atoms with E-state index in [0.29, 0.717) is 0 Å². The van der Waals surface area contributed by atoms with Gasteiger partial charge in [-0.15, -0.1) is 0 Å². The number of hydrogen-bond donors (Lipinski definition) is 2. The fraction of sp³-hybridized carbons (Fsp3) is 0.0714. The van der Waals surface area contributed by atoms with E-state index in [0.717, 1.165) is 24.3 Å². The maximum Gasteiger partial charge on any atom is 0.418 e. The summed E-state index contributed by atoms with van der Waals surface area (Å²) in [5, 5.41) is 4.15. The van der Waals surface area contributed by atoms with Gasteiger partial charge in [0.2, 0.25) is 0 Å². The third-order valence-corrected chi connectivity index (χ3v) is 2.95. The zero-order valence-electron chi connectivity index (χ0n) is 10.8. The Morgan fingerprint density at radius 1 is 1.05 bits per heavy atom. The van der Waals surface area contributed by atoms with Gasteiger partial charge in [0.05, 0.1) is 16.3 Å². The molecule has 0 unspecified atom stereocenters. The molecule has 0 saturated carbocycles. The summed E-state index contributed by atoms with van der Waals surface area (Å²) in [4.78, 5) is 11.7. The highest BCUT2D eigenvalue weighted by molar-refractivity contribution is 6.31. The van der Waals surface area contributed by atoms with Crippen molar-refractivity contribution in [3.05, 3.63) is 58.9 Å². The predicted octanol–water partition coefficient (Wildman–Crippen LogP) is 5.14. The number of urea groups is 1. The third kappa shape index (κ3) is 3.88. The predicted molar refractivity (Wildman–Crippen MR) is 75.5 cm³/mol.